The summed E-state index contributed by atoms with van der Waals surface area (Å²) in [6.45, 7) is 22.8. The van der Waals surface area contributed by atoms with Gasteiger partial charge in [0.05, 0.1) is 6.10 Å². The van der Waals surface area contributed by atoms with Crippen LogP contribution in [0.15, 0.2) is 12.2 Å². The highest BCUT2D eigenvalue weighted by Gasteiger charge is 2.42. The smallest absolute Gasteiger partial charge is 0.192 e. The fraction of sp³-hybridized carbons (Fsp3) is 0.882. The van der Waals surface area contributed by atoms with Crippen LogP contribution in [0, 0.1) is 11.3 Å². The fourth-order valence-corrected chi connectivity index (χ4v) is 3.46. The lowest BCUT2D eigenvalue weighted by Crippen LogP contribution is -2.47. The van der Waals surface area contributed by atoms with Crippen LogP contribution in [-0.2, 0) is 4.43 Å². The highest BCUT2D eigenvalue weighted by Crippen LogP contribution is 2.43. The molecule has 1 aliphatic rings. The monoisotopic (exact) mass is 282 g/mol. The fourth-order valence-electron chi connectivity index (χ4n) is 1.95. The molecular formula is C17H34OSi. The summed E-state index contributed by atoms with van der Waals surface area (Å²) in [5.74, 6) is 0.785. The molecular weight excluding hydrogens is 248 g/mol. The maximum Gasteiger partial charge on any atom is 0.192 e. The van der Waals surface area contributed by atoms with Crippen LogP contribution >= 0.6 is 0 Å². The zero-order valence-corrected chi connectivity index (χ0v) is 15.4. The predicted octanol–water partition coefficient (Wildman–Crippen LogP) is 5.78. The van der Waals surface area contributed by atoms with Crippen LogP contribution in [-0.4, -0.2) is 14.4 Å². The standard InChI is InChI=1S/C17H34OSi/c1-13(14-10-11-14)12-15(16(2,3)4)18-19(8,9)17(5,6)7/h14-15H,1,10-12H2,2-9H3/t15-/m0/s1. The van der Waals surface area contributed by atoms with Gasteiger partial charge in [-0.05, 0) is 48.7 Å². The summed E-state index contributed by atoms with van der Waals surface area (Å²) in [6.07, 6.45) is 4.04. The molecule has 1 nitrogen and oxygen atoms in total. The first-order valence-corrected chi connectivity index (χ1v) is 10.6. The van der Waals surface area contributed by atoms with E-state index in [1.165, 1.54) is 18.4 Å². The summed E-state index contributed by atoms with van der Waals surface area (Å²) in [5, 5.41) is 0.275. The van der Waals surface area contributed by atoms with E-state index in [2.05, 4.69) is 61.2 Å². The van der Waals surface area contributed by atoms with Crippen molar-refractivity contribution in [3.05, 3.63) is 12.2 Å². The van der Waals surface area contributed by atoms with Crippen LogP contribution < -0.4 is 0 Å². The first-order chi connectivity index (χ1) is 8.34. The molecule has 0 saturated heterocycles. The number of hydrogen-bond acceptors (Lipinski definition) is 1. The molecule has 0 aromatic heterocycles. The molecule has 1 atom stereocenters. The Kier molecular flexibility index (Phi) is 4.79. The molecule has 112 valence electrons. The summed E-state index contributed by atoms with van der Waals surface area (Å²) in [7, 11) is -1.70. The largest absolute Gasteiger partial charge is 0.413 e. The van der Waals surface area contributed by atoms with Gasteiger partial charge in [0.15, 0.2) is 8.32 Å². The predicted molar refractivity (Wildman–Crippen MR) is 88.0 cm³/mol. The third-order valence-electron chi connectivity index (χ3n) is 4.81. The van der Waals surface area contributed by atoms with Gasteiger partial charge in [-0.2, -0.15) is 0 Å². The minimum absolute atomic E-state index is 0.188. The van der Waals surface area contributed by atoms with Gasteiger partial charge in [0.1, 0.15) is 0 Å². The van der Waals surface area contributed by atoms with E-state index in [0.29, 0.717) is 6.10 Å². The summed E-state index contributed by atoms with van der Waals surface area (Å²) in [4.78, 5) is 0. The van der Waals surface area contributed by atoms with Crippen LogP contribution in [0.25, 0.3) is 0 Å². The summed E-state index contributed by atoms with van der Waals surface area (Å²) < 4.78 is 6.69. The van der Waals surface area contributed by atoms with E-state index in [-0.39, 0.29) is 10.5 Å². The Labute approximate surface area is 122 Å². The third kappa shape index (κ3) is 4.75. The lowest BCUT2D eigenvalue weighted by Gasteiger charge is -2.43. The van der Waals surface area contributed by atoms with Crippen molar-refractivity contribution in [2.75, 3.05) is 0 Å². The minimum Gasteiger partial charge on any atom is -0.413 e. The van der Waals surface area contributed by atoms with Crippen molar-refractivity contribution in [2.45, 2.75) is 85.0 Å². The molecule has 0 spiro atoms. The Morgan fingerprint density at radius 2 is 1.63 bits per heavy atom. The van der Waals surface area contributed by atoms with E-state index in [4.69, 9.17) is 4.43 Å². The SMILES string of the molecule is C=C(C[C@H](O[Si](C)(C)C(C)(C)C)C(C)(C)C)C1CC1. The molecule has 19 heavy (non-hydrogen) atoms. The molecule has 0 unspecified atom stereocenters. The molecule has 0 N–H and O–H groups in total. The van der Waals surface area contributed by atoms with Crippen molar-refractivity contribution in [3.8, 4) is 0 Å². The average molecular weight is 283 g/mol. The van der Waals surface area contributed by atoms with E-state index in [1.54, 1.807) is 0 Å². The molecule has 0 aromatic rings. The van der Waals surface area contributed by atoms with Gasteiger partial charge in [-0.1, -0.05) is 53.7 Å². The van der Waals surface area contributed by atoms with E-state index in [0.717, 1.165) is 12.3 Å². The molecule has 2 heteroatoms. The van der Waals surface area contributed by atoms with Gasteiger partial charge < -0.3 is 4.43 Å². The minimum atomic E-state index is -1.70. The molecule has 0 aliphatic heterocycles. The second kappa shape index (κ2) is 5.36. The second-order valence-electron chi connectivity index (χ2n) is 8.87. The molecule has 1 rings (SSSR count). The topological polar surface area (TPSA) is 9.23 Å². The Morgan fingerprint density at radius 1 is 1.16 bits per heavy atom. The Hall–Kier alpha value is -0.0831. The van der Waals surface area contributed by atoms with E-state index < -0.39 is 8.32 Å². The summed E-state index contributed by atoms with van der Waals surface area (Å²) in [5.41, 5.74) is 1.60. The normalized spacial score (nSPS) is 19.4. The highest BCUT2D eigenvalue weighted by molar-refractivity contribution is 6.74. The maximum atomic E-state index is 6.69. The average Bonchev–Trinajstić information content (AvgIpc) is 2.95. The molecule has 1 saturated carbocycles. The van der Waals surface area contributed by atoms with Crippen molar-refractivity contribution in [2.24, 2.45) is 11.3 Å². The first kappa shape index (κ1) is 17.0. The lowest BCUT2D eigenvalue weighted by atomic mass is 9.85. The first-order valence-electron chi connectivity index (χ1n) is 7.70. The zero-order valence-electron chi connectivity index (χ0n) is 14.4. The van der Waals surface area contributed by atoms with Gasteiger partial charge in [-0.3, -0.25) is 0 Å². The molecule has 0 heterocycles. The highest BCUT2D eigenvalue weighted by atomic mass is 28.4. The van der Waals surface area contributed by atoms with E-state index in [1.807, 2.05) is 0 Å². The second-order valence-corrected chi connectivity index (χ2v) is 13.6. The van der Waals surface area contributed by atoms with Crippen LogP contribution in [0.3, 0.4) is 0 Å². The lowest BCUT2D eigenvalue weighted by molar-refractivity contribution is 0.0723. The third-order valence-corrected chi connectivity index (χ3v) is 9.30. The van der Waals surface area contributed by atoms with Crippen molar-refractivity contribution in [1.82, 2.24) is 0 Å². The van der Waals surface area contributed by atoms with Gasteiger partial charge in [0, 0.05) is 0 Å². The van der Waals surface area contributed by atoms with Gasteiger partial charge in [0.25, 0.3) is 0 Å². The summed E-state index contributed by atoms with van der Waals surface area (Å²) in [6, 6.07) is 0. The zero-order chi connectivity index (χ0) is 15.1. The van der Waals surface area contributed by atoms with Gasteiger partial charge in [-0.25, -0.2) is 0 Å². The summed E-state index contributed by atoms with van der Waals surface area (Å²) >= 11 is 0. The number of rotatable bonds is 5. The van der Waals surface area contributed by atoms with Crippen LogP contribution in [0.2, 0.25) is 18.1 Å². The van der Waals surface area contributed by atoms with Crippen LogP contribution in [0.5, 0.6) is 0 Å². The van der Waals surface area contributed by atoms with E-state index in [9.17, 15) is 0 Å². The molecule has 0 amide bonds. The maximum absolute atomic E-state index is 6.69. The van der Waals surface area contributed by atoms with Crippen LogP contribution in [0.4, 0.5) is 0 Å². The van der Waals surface area contributed by atoms with Crippen molar-refractivity contribution >= 4 is 8.32 Å². The Bertz CT molecular complexity index is 326. The molecule has 0 radical (unpaired) electrons. The molecule has 0 aromatic carbocycles. The molecule has 0 bridgehead atoms. The quantitative estimate of drug-likeness (QED) is 0.459. The van der Waals surface area contributed by atoms with Gasteiger partial charge in [0.2, 0.25) is 0 Å². The van der Waals surface area contributed by atoms with Gasteiger partial charge >= 0.3 is 0 Å². The van der Waals surface area contributed by atoms with Crippen LogP contribution in [0.1, 0.15) is 60.8 Å². The van der Waals surface area contributed by atoms with Crippen molar-refractivity contribution < 1.29 is 4.43 Å². The van der Waals surface area contributed by atoms with E-state index >= 15 is 0 Å². The van der Waals surface area contributed by atoms with Gasteiger partial charge in [-0.15, -0.1) is 0 Å². The molecule has 1 fully saturated rings. The number of hydrogen-bond donors (Lipinski definition) is 0. The Morgan fingerprint density at radius 3 is 1.95 bits per heavy atom. The van der Waals surface area contributed by atoms with Crippen molar-refractivity contribution in [1.29, 1.82) is 0 Å². The Balaban J connectivity index is 2.77. The van der Waals surface area contributed by atoms with Crippen molar-refractivity contribution in [3.63, 3.8) is 0 Å². The molecule has 1 aliphatic carbocycles.